The molecule has 0 fully saturated rings. The molecule has 3 rings (SSSR count). The number of aromatic nitrogens is 6. The van der Waals surface area contributed by atoms with Crippen molar-refractivity contribution < 1.29 is 4.79 Å². The van der Waals surface area contributed by atoms with Crippen LogP contribution in [-0.2, 0) is 0 Å². The van der Waals surface area contributed by atoms with Crippen molar-refractivity contribution in [1.29, 1.82) is 0 Å². The van der Waals surface area contributed by atoms with Crippen molar-refractivity contribution in [3.05, 3.63) is 48.8 Å². The highest BCUT2D eigenvalue weighted by molar-refractivity contribution is 6.03. The number of pyridine rings is 1. The van der Waals surface area contributed by atoms with Crippen LogP contribution in [-0.4, -0.2) is 35.4 Å². The Morgan fingerprint density at radius 1 is 1.12 bits per heavy atom. The second-order valence-electron chi connectivity index (χ2n) is 5.87. The first-order valence-electron chi connectivity index (χ1n) is 7.72. The van der Waals surface area contributed by atoms with Gasteiger partial charge in [0.2, 0.25) is 0 Å². The molecule has 0 bridgehead atoms. The van der Waals surface area contributed by atoms with Gasteiger partial charge in [-0.05, 0) is 25.0 Å². The summed E-state index contributed by atoms with van der Waals surface area (Å²) in [5, 5.41) is 14.6. The fourth-order valence-corrected chi connectivity index (χ4v) is 2.20. The number of anilines is 1. The molecular weight excluding hydrogens is 306 g/mol. The normalized spacial score (nSPS) is 12.3. The molecule has 0 saturated heterocycles. The van der Waals surface area contributed by atoms with Gasteiger partial charge < -0.3 is 5.32 Å². The number of carbonyl (C=O) groups excluding carboxylic acids is 1. The molecule has 0 aromatic carbocycles. The number of carbonyl (C=O) groups is 1. The van der Waals surface area contributed by atoms with Crippen LogP contribution in [0.15, 0.2) is 43.2 Å². The van der Waals surface area contributed by atoms with Gasteiger partial charge in [-0.3, -0.25) is 9.36 Å². The Bertz CT molecular complexity index is 805. The third-order valence-electron chi connectivity index (χ3n) is 3.96. The number of nitrogens with one attached hydrogen (secondary N) is 1. The number of hydrogen-bond acceptors (Lipinski definition) is 5. The van der Waals surface area contributed by atoms with Gasteiger partial charge in [-0.1, -0.05) is 13.8 Å². The minimum Gasteiger partial charge on any atom is -0.307 e. The van der Waals surface area contributed by atoms with Crippen LogP contribution in [0.2, 0.25) is 0 Å². The lowest BCUT2D eigenvalue weighted by atomic mass is 10.1. The van der Waals surface area contributed by atoms with E-state index in [9.17, 15) is 4.79 Å². The van der Waals surface area contributed by atoms with Crippen LogP contribution < -0.4 is 5.32 Å². The van der Waals surface area contributed by atoms with E-state index >= 15 is 0 Å². The lowest BCUT2D eigenvalue weighted by Gasteiger charge is -2.19. The molecule has 1 N–H and O–H groups in total. The summed E-state index contributed by atoms with van der Waals surface area (Å²) in [5.74, 6) is 1.50. The topological polar surface area (TPSA) is 90.5 Å². The summed E-state index contributed by atoms with van der Waals surface area (Å²) >= 11 is 0. The van der Waals surface area contributed by atoms with Gasteiger partial charge >= 0.3 is 0 Å². The highest BCUT2D eigenvalue weighted by Crippen LogP contribution is 2.21. The Hall–Kier alpha value is -3.03. The molecule has 0 spiro atoms. The molecule has 0 saturated carbocycles. The van der Waals surface area contributed by atoms with E-state index in [1.54, 1.807) is 41.6 Å². The third-order valence-corrected chi connectivity index (χ3v) is 3.96. The summed E-state index contributed by atoms with van der Waals surface area (Å²) in [4.78, 5) is 16.7. The molecule has 3 aromatic heterocycles. The Morgan fingerprint density at radius 2 is 1.88 bits per heavy atom. The lowest BCUT2D eigenvalue weighted by Crippen LogP contribution is -2.20. The summed E-state index contributed by atoms with van der Waals surface area (Å²) in [6, 6.07) is 5.43. The second kappa shape index (κ2) is 6.61. The summed E-state index contributed by atoms with van der Waals surface area (Å²) in [6.45, 7) is 6.31. The van der Waals surface area contributed by atoms with Crippen LogP contribution in [0.5, 0.6) is 0 Å². The van der Waals surface area contributed by atoms with Crippen LogP contribution in [0.1, 0.15) is 37.2 Å². The van der Waals surface area contributed by atoms with E-state index in [0.717, 1.165) is 0 Å². The van der Waals surface area contributed by atoms with Crippen LogP contribution >= 0.6 is 0 Å². The molecule has 0 aliphatic carbocycles. The minimum absolute atomic E-state index is 0.185. The van der Waals surface area contributed by atoms with Gasteiger partial charge in [0, 0.05) is 12.3 Å². The fraction of sp³-hybridized carbons (Fsp3) is 0.312. The van der Waals surface area contributed by atoms with Crippen molar-refractivity contribution >= 4 is 11.7 Å². The predicted octanol–water partition coefficient (Wildman–Crippen LogP) is 2.33. The first-order chi connectivity index (χ1) is 11.6. The van der Waals surface area contributed by atoms with Gasteiger partial charge in [0.05, 0.1) is 17.8 Å². The molecule has 0 aliphatic heterocycles. The third kappa shape index (κ3) is 3.17. The fourth-order valence-electron chi connectivity index (χ4n) is 2.20. The van der Waals surface area contributed by atoms with Crippen molar-refractivity contribution in [1.82, 2.24) is 29.5 Å². The molecule has 8 nitrogen and oxygen atoms in total. The van der Waals surface area contributed by atoms with E-state index in [1.807, 2.05) is 4.68 Å². The second-order valence-corrected chi connectivity index (χ2v) is 5.87. The molecule has 3 heterocycles. The molecule has 3 aromatic rings. The maximum absolute atomic E-state index is 12.4. The average Bonchev–Trinajstić information content (AvgIpc) is 3.26. The van der Waals surface area contributed by atoms with E-state index in [1.165, 1.54) is 6.20 Å². The molecule has 1 amide bonds. The Balaban J connectivity index is 1.75. The molecule has 124 valence electrons. The molecule has 0 radical (unpaired) electrons. The van der Waals surface area contributed by atoms with Gasteiger partial charge in [0.25, 0.3) is 5.91 Å². The molecule has 8 heteroatoms. The smallest absolute Gasteiger partial charge is 0.258 e. The summed E-state index contributed by atoms with van der Waals surface area (Å²) in [5.41, 5.74) is 0.469. The van der Waals surface area contributed by atoms with E-state index in [2.05, 4.69) is 46.4 Å². The van der Waals surface area contributed by atoms with Gasteiger partial charge in [-0.2, -0.15) is 5.10 Å². The maximum Gasteiger partial charge on any atom is 0.258 e. The molecule has 0 aliphatic rings. The van der Waals surface area contributed by atoms with E-state index in [-0.39, 0.29) is 11.9 Å². The monoisotopic (exact) mass is 325 g/mol. The molecule has 1 atom stereocenters. The van der Waals surface area contributed by atoms with Crippen molar-refractivity contribution in [2.24, 2.45) is 5.92 Å². The highest BCUT2D eigenvalue weighted by Gasteiger charge is 2.16. The van der Waals surface area contributed by atoms with E-state index in [0.29, 0.717) is 23.1 Å². The van der Waals surface area contributed by atoms with Gasteiger partial charge in [-0.25, -0.2) is 9.67 Å². The predicted molar refractivity (Wildman–Crippen MR) is 88.9 cm³/mol. The number of rotatable bonds is 5. The van der Waals surface area contributed by atoms with Crippen LogP contribution in [0.25, 0.3) is 5.82 Å². The lowest BCUT2D eigenvalue weighted by molar-refractivity contribution is 0.102. The van der Waals surface area contributed by atoms with E-state index < -0.39 is 0 Å². The number of nitrogens with zero attached hydrogens (tertiary/aromatic N) is 6. The minimum atomic E-state index is -0.226. The summed E-state index contributed by atoms with van der Waals surface area (Å²) in [7, 11) is 0. The highest BCUT2D eigenvalue weighted by atomic mass is 16.1. The van der Waals surface area contributed by atoms with Gasteiger partial charge in [0.1, 0.15) is 24.3 Å². The maximum atomic E-state index is 12.4. The zero-order chi connectivity index (χ0) is 17.1. The Morgan fingerprint density at radius 3 is 2.50 bits per heavy atom. The molecule has 24 heavy (non-hydrogen) atoms. The number of amides is 1. The first-order valence-corrected chi connectivity index (χ1v) is 7.72. The quantitative estimate of drug-likeness (QED) is 0.777. The van der Waals surface area contributed by atoms with Gasteiger partial charge in [-0.15, -0.1) is 10.2 Å². The average molecular weight is 325 g/mol. The largest absolute Gasteiger partial charge is 0.307 e. The standard InChI is InChI=1S/C16H19N7O/c1-11(2)12(3)23-15(6-7-20-23)21-16(24)13-4-5-14(17-8-13)22-9-18-19-10-22/h4-12H,1-3H3,(H,21,24)/t12-/m0/s1. The first kappa shape index (κ1) is 15.9. The van der Waals surface area contributed by atoms with Crippen molar-refractivity contribution in [2.45, 2.75) is 26.8 Å². The molecule has 0 unspecified atom stereocenters. The van der Waals surface area contributed by atoms with E-state index in [4.69, 9.17) is 0 Å². The Kier molecular flexibility index (Phi) is 4.37. The number of hydrogen-bond donors (Lipinski definition) is 1. The molecular formula is C16H19N7O. The van der Waals surface area contributed by atoms with Crippen molar-refractivity contribution in [2.75, 3.05) is 5.32 Å². The van der Waals surface area contributed by atoms with Crippen LogP contribution in [0.4, 0.5) is 5.82 Å². The van der Waals surface area contributed by atoms with Crippen molar-refractivity contribution in [3.8, 4) is 5.82 Å². The summed E-state index contributed by atoms with van der Waals surface area (Å²) in [6.07, 6.45) is 6.31. The SMILES string of the molecule is CC(C)[C@H](C)n1nccc1NC(=O)c1ccc(-n2cnnc2)nc1. The van der Waals surface area contributed by atoms with Crippen molar-refractivity contribution in [3.63, 3.8) is 0 Å². The zero-order valence-electron chi connectivity index (χ0n) is 13.8. The zero-order valence-corrected chi connectivity index (χ0v) is 13.8. The van der Waals surface area contributed by atoms with Crippen LogP contribution in [0, 0.1) is 5.92 Å². The Labute approximate surface area is 139 Å². The van der Waals surface area contributed by atoms with Gasteiger partial charge in [0.15, 0.2) is 0 Å². The van der Waals surface area contributed by atoms with Crippen LogP contribution in [0.3, 0.4) is 0 Å². The summed E-state index contributed by atoms with van der Waals surface area (Å²) < 4.78 is 3.49.